The first-order chi connectivity index (χ1) is 12.0. The number of ether oxygens (including phenoxy) is 1. The molecule has 7 heteroatoms. The fourth-order valence-corrected chi connectivity index (χ4v) is 3.11. The Bertz CT molecular complexity index is 937. The van der Waals surface area contributed by atoms with Crippen LogP contribution in [0.5, 0.6) is 5.75 Å². The van der Waals surface area contributed by atoms with E-state index in [0.717, 1.165) is 27.1 Å². The second-order valence-electron chi connectivity index (χ2n) is 5.48. The molecule has 2 aromatic carbocycles. The molecular weight excluding hydrogens is 384 g/mol. The summed E-state index contributed by atoms with van der Waals surface area (Å²) in [7, 11) is 3.42. The topological polar surface area (TPSA) is 82.2 Å². The number of aromatic nitrogens is 2. The van der Waals surface area contributed by atoms with Crippen LogP contribution in [0.4, 0.5) is 11.4 Å². The average molecular weight is 401 g/mol. The number of primary amides is 1. The number of benzene rings is 2. The Labute approximate surface area is 153 Å². The molecule has 0 radical (unpaired) electrons. The summed E-state index contributed by atoms with van der Waals surface area (Å²) < 4.78 is 8.03. The maximum absolute atomic E-state index is 11.3. The monoisotopic (exact) mass is 400 g/mol. The van der Waals surface area contributed by atoms with Gasteiger partial charge in [0.05, 0.1) is 17.3 Å². The molecule has 0 bridgehead atoms. The van der Waals surface area contributed by atoms with E-state index in [9.17, 15) is 4.79 Å². The molecule has 0 aliphatic heterocycles. The quantitative estimate of drug-likeness (QED) is 0.683. The highest BCUT2D eigenvalue weighted by Crippen LogP contribution is 2.32. The van der Waals surface area contributed by atoms with E-state index in [-0.39, 0.29) is 0 Å². The van der Waals surface area contributed by atoms with Crippen molar-refractivity contribution in [2.45, 2.75) is 0 Å². The molecule has 0 spiro atoms. The molecule has 1 amide bonds. The molecule has 0 saturated heterocycles. The van der Waals surface area contributed by atoms with Crippen LogP contribution >= 0.6 is 15.9 Å². The molecule has 1 aromatic heterocycles. The zero-order valence-electron chi connectivity index (χ0n) is 13.8. The summed E-state index contributed by atoms with van der Waals surface area (Å²) >= 11 is 3.52. The number of methoxy groups -OCH3 is 1. The van der Waals surface area contributed by atoms with Crippen LogP contribution in [0.1, 0.15) is 10.4 Å². The lowest BCUT2D eigenvalue weighted by Crippen LogP contribution is -2.11. The van der Waals surface area contributed by atoms with Gasteiger partial charge in [-0.05, 0) is 46.3 Å². The first-order valence-corrected chi connectivity index (χ1v) is 8.31. The van der Waals surface area contributed by atoms with Crippen molar-refractivity contribution in [2.75, 3.05) is 12.4 Å². The predicted octanol–water partition coefficient (Wildman–Crippen LogP) is 3.70. The number of nitrogens with zero attached hydrogens (tertiary/aromatic N) is 2. The SMILES string of the molecule is COc1cc(C(N)=O)ccc1Nc1cccc(-c2nn(C)cc2Br)c1. The van der Waals surface area contributed by atoms with Crippen LogP contribution in [-0.2, 0) is 7.05 Å². The number of anilines is 2. The standard InChI is InChI=1S/C18H17BrN4O2/c1-23-10-14(19)17(22-23)11-4-3-5-13(8-11)21-15-7-6-12(18(20)24)9-16(15)25-2/h3-10,21H,1-2H3,(H2,20,24). The summed E-state index contributed by atoms with van der Waals surface area (Å²) in [5.74, 6) is 0.0487. The van der Waals surface area contributed by atoms with E-state index in [4.69, 9.17) is 10.5 Å². The lowest BCUT2D eigenvalue weighted by atomic mass is 10.1. The summed E-state index contributed by atoms with van der Waals surface area (Å²) in [6.07, 6.45) is 1.90. The van der Waals surface area contributed by atoms with Gasteiger partial charge in [0, 0.05) is 30.1 Å². The Morgan fingerprint density at radius 2 is 2.08 bits per heavy atom. The van der Waals surface area contributed by atoms with Crippen molar-refractivity contribution in [2.24, 2.45) is 12.8 Å². The summed E-state index contributed by atoms with van der Waals surface area (Å²) in [5.41, 5.74) is 9.16. The molecule has 6 nitrogen and oxygen atoms in total. The fraction of sp³-hybridized carbons (Fsp3) is 0.111. The van der Waals surface area contributed by atoms with Crippen LogP contribution < -0.4 is 15.8 Å². The molecule has 0 unspecified atom stereocenters. The second-order valence-corrected chi connectivity index (χ2v) is 6.34. The van der Waals surface area contributed by atoms with Crippen molar-refractivity contribution in [1.29, 1.82) is 0 Å². The first kappa shape index (κ1) is 17.0. The number of nitrogens with two attached hydrogens (primary N) is 1. The molecule has 128 valence electrons. The molecule has 0 aliphatic rings. The minimum absolute atomic E-state index is 0.397. The molecule has 25 heavy (non-hydrogen) atoms. The lowest BCUT2D eigenvalue weighted by Gasteiger charge is -2.13. The molecule has 3 rings (SSSR count). The van der Waals surface area contributed by atoms with Crippen LogP contribution in [0, 0.1) is 0 Å². The molecule has 0 aliphatic carbocycles. The minimum Gasteiger partial charge on any atom is -0.495 e. The Morgan fingerprint density at radius 3 is 2.72 bits per heavy atom. The van der Waals surface area contributed by atoms with E-state index in [1.165, 1.54) is 0 Å². The lowest BCUT2D eigenvalue weighted by molar-refractivity contribution is 0.1000. The van der Waals surface area contributed by atoms with Gasteiger partial charge in [-0.15, -0.1) is 0 Å². The smallest absolute Gasteiger partial charge is 0.248 e. The van der Waals surface area contributed by atoms with Gasteiger partial charge < -0.3 is 15.8 Å². The minimum atomic E-state index is -0.494. The zero-order valence-corrected chi connectivity index (χ0v) is 15.4. The number of carbonyl (C=O) groups is 1. The summed E-state index contributed by atoms with van der Waals surface area (Å²) in [5, 5.41) is 7.76. The highest BCUT2D eigenvalue weighted by Gasteiger charge is 2.11. The van der Waals surface area contributed by atoms with Gasteiger partial charge in [-0.1, -0.05) is 12.1 Å². The van der Waals surface area contributed by atoms with Crippen molar-refractivity contribution in [3.05, 3.63) is 58.7 Å². The fourth-order valence-electron chi connectivity index (χ4n) is 2.50. The Balaban J connectivity index is 1.93. The van der Waals surface area contributed by atoms with Gasteiger partial charge in [0.25, 0.3) is 0 Å². The zero-order chi connectivity index (χ0) is 18.0. The summed E-state index contributed by atoms with van der Waals surface area (Å²) in [6.45, 7) is 0. The van der Waals surface area contributed by atoms with Crippen LogP contribution in [0.3, 0.4) is 0 Å². The number of hydrogen-bond acceptors (Lipinski definition) is 4. The molecule has 1 heterocycles. The third-order valence-electron chi connectivity index (χ3n) is 3.69. The Hall–Kier alpha value is -2.80. The Kier molecular flexibility index (Phi) is 4.76. The molecule has 3 aromatic rings. The van der Waals surface area contributed by atoms with Gasteiger partial charge in [0.2, 0.25) is 5.91 Å². The third kappa shape index (κ3) is 3.66. The van der Waals surface area contributed by atoms with E-state index in [1.807, 2.05) is 37.5 Å². The highest BCUT2D eigenvalue weighted by molar-refractivity contribution is 9.10. The van der Waals surface area contributed by atoms with Crippen molar-refractivity contribution in [3.63, 3.8) is 0 Å². The third-order valence-corrected chi connectivity index (χ3v) is 4.27. The summed E-state index contributed by atoms with van der Waals surface area (Å²) in [4.78, 5) is 11.3. The maximum atomic E-state index is 11.3. The molecule has 3 N–H and O–H groups in total. The van der Waals surface area contributed by atoms with E-state index in [0.29, 0.717) is 11.3 Å². The summed E-state index contributed by atoms with van der Waals surface area (Å²) in [6, 6.07) is 12.9. The largest absolute Gasteiger partial charge is 0.495 e. The van der Waals surface area contributed by atoms with Gasteiger partial charge in [0.1, 0.15) is 11.4 Å². The van der Waals surface area contributed by atoms with E-state index >= 15 is 0 Å². The Morgan fingerprint density at radius 1 is 1.28 bits per heavy atom. The highest BCUT2D eigenvalue weighted by atomic mass is 79.9. The number of nitrogens with one attached hydrogen (secondary N) is 1. The second kappa shape index (κ2) is 6.98. The number of rotatable bonds is 5. The van der Waals surface area contributed by atoms with Gasteiger partial charge in [-0.3, -0.25) is 9.48 Å². The van der Waals surface area contributed by atoms with Crippen molar-refractivity contribution < 1.29 is 9.53 Å². The van der Waals surface area contributed by atoms with Gasteiger partial charge in [0.15, 0.2) is 0 Å². The number of hydrogen-bond donors (Lipinski definition) is 2. The van der Waals surface area contributed by atoms with Crippen molar-refractivity contribution in [3.8, 4) is 17.0 Å². The number of carbonyl (C=O) groups excluding carboxylic acids is 1. The van der Waals surface area contributed by atoms with E-state index in [1.54, 1.807) is 30.0 Å². The van der Waals surface area contributed by atoms with Crippen LogP contribution in [0.15, 0.2) is 53.1 Å². The van der Waals surface area contributed by atoms with Gasteiger partial charge in [-0.2, -0.15) is 5.10 Å². The molecule has 0 fully saturated rings. The average Bonchev–Trinajstić information content (AvgIpc) is 2.93. The molecular formula is C18H17BrN4O2. The van der Waals surface area contributed by atoms with Gasteiger partial charge >= 0.3 is 0 Å². The van der Waals surface area contributed by atoms with Crippen LogP contribution in [0.2, 0.25) is 0 Å². The van der Waals surface area contributed by atoms with Gasteiger partial charge in [-0.25, -0.2) is 0 Å². The first-order valence-electron chi connectivity index (χ1n) is 7.52. The number of amides is 1. The normalized spacial score (nSPS) is 10.5. The van der Waals surface area contributed by atoms with Crippen molar-refractivity contribution in [1.82, 2.24) is 9.78 Å². The predicted molar refractivity (Wildman–Crippen MR) is 101 cm³/mol. The van der Waals surface area contributed by atoms with E-state index < -0.39 is 5.91 Å². The molecule has 0 atom stereocenters. The van der Waals surface area contributed by atoms with E-state index in [2.05, 4.69) is 26.3 Å². The number of halogens is 1. The number of aryl methyl sites for hydroxylation is 1. The molecule has 0 saturated carbocycles. The van der Waals surface area contributed by atoms with Crippen LogP contribution in [-0.4, -0.2) is 22.8 Å². The maximum Gasteiger partial charge on any atom is 0.248 e. The van der Waals surface area contributed by atoms with Crippen LogP contribution in [0.25, 0.3) is 11.3 Å². The van der Waals surface area contributed by atoms with Crippen molar-refractivity contribution >= 4 is 33.2 Å².